The molecule has 0 atom stereocenters. The Kier molecular flexibility index (Phi) is 4.72. The number of ketones is 1. The number of rotatable bonds is 3. The molecule has 1 amide bonds. The molecule has 0 fully saturated rings. The van der Waals surface area contributed by atoms with Gasteiger partial charge in [0.2, 0.25) is 0 Å². The van der Waals surface area contributed by atoms with E-state index in [1.54, 1.807) is 26.8 Å². The molecule has 0 radical (unpaired) electrons. The van der Waals surface area contributed by atoms with Crippen molar-refractivity contribution in [1.29, 1.82) is 0 Å². The molecule has 0 aliphatic rings. The first-order chi connectivity index (χ1) is 8.73. The first-order valence-electron chi connectivity index (χ1n) is 5.69. The number of halogens is 1. The van der Waals surface area contributed by atoms with Crippen LogP contribution in [-0.2, 0) is 4.74 Å². The molecule has 0 saturated heterocycles. The number of allylic oxidation sites excluding steroid dienone is 1. The van der Waals surface area contributed by atoms with Gasteiger partial charge >= 0.3 is 6.09 Å². The van der Waals surface area contributed by atoms with Gasteiger partial charge in [0.25, 0.3) is 0 Å². The number of anilines is 1. The van der Waals surface area contributed by atoms with E-state index in [0.29, 0.717) is 16.3 Å². The van der Waals surface area contributed by atoms with Crippen LogP contribution in [0.2, 0.25) is 5.02 Å². The van der Waals surface area contributed by atoms with E-state index in [2.05, 4.69) is 11.9 Å². The van der Waals surface area contributed by atoms with E-state index in [-0.39, 0.29) is 5.78 Å². The quantitative estimate of drug-likeness (QED) is 0.671. The summed E-state index contributed by atoms with van der Waals surface area (Å²) in [5.74, 6) is -0.303. The van der Waals surface area contributed by atoms with Crippen LogP contribution in [0.5, 0.6) is 0 Å². The van der Waals surface area contributed by atoms with Crippen LogP contribution in [0.25, 0.3) is 0 Å². The van der Waals surface area contributed by atoms with Crippen molar-refractivity contribution < 1.29 is 14.3 Å². The molecule has 1 aromatic rings. The predicted octanol–water partition coefficient (Wildman–Crippen LogP) is 4.06. The Balaban J connectivity index is 2.99. The lowest BCUT2D eigenvalue weighted by Gasteiger charge is -2.20. The van der Waals surface area contributed by atoms with Gasteiger partial charge in [-0.15, -0.1) is 0 Å². The van der Waals surface area contributed by atoms with Crippen LogP contribution in [0.3, 0.4) is 0 Å². The monoisotopic (exact) mass is 281 g/mol. The first-order valence-corrected chi connectivity index (χ1v) is 6.07. The Labute approximate surface area is 117 Å². The van der Waals surface area contributed by atoms with Gasteiger partial charge in [-0.05, 0) is 45.0 Å². The third-order valence-corrected chi connectivity index (χ3v) is 2.30. The molecular formula is C14H16ClNO3. The van der Waals surface area contributed by atoms with Gasteiger partial charge in [-0.25, -0.2) is 4.79 Å². The Morgan fingerprint density at radius 2 is 2.00 bits per heavy atom. The molecule has 19 heavy (non-hydrogen) atoms. The van der Waals surface area contributed by atoms with E-state index < -0.39 is 11.7 Å². The van der Waals surface area contributed by atoms with Crippen molar-refractivity contribution in [3.8, 4) is 0 Å². The van der Waals surface area contributed by atoms with Crippen LogP contribution in [0.15, 0.2) is 30.9 Å². The van der Waals surface area contributed by atoms with E-state index >= 15 is 0 Å². The van der Waals surface area contributed by atoms with Gasteiger partial charge in [-0.1, -0.05) is 18.2 Å². The largest absolute Gasteiger partial charge is 0.444 e. The number of amides is 1. The van der Waals surface area contributed by atoms with Crippen molar-refractivity contribution in [3.63, 3.8) is 0 Å². The standard InChI is InChI=1S/C14H16ClNO3/c1-5-12(17)10-7-6-9(15)8-11(10)16-13(18)19-14(2,3)4/h5-8H,1H2,2-4H3,(H,16,18). The lowest BCUT2D eigenvalue weighted by molar-refractivity contribution is 0.0636. The fourth-order valence-electron chi connectivity index (χ4n) is 1.36. The SMILES string of the molecule is C=CC(=O)c1ccc(Cl)cc1NC(=O)OC(C)(C)C. The fourth-order valence-corrected chi connectivity index (χ4v) is 1.53. The molecule has 4 nitrogen and oxygen atoms in total. The van der Waals surface area contributed by atoms with Gasteiger partial charge in [0, 0.05) is 10.6 Å². The third-order valence-electron chi connectivity index (χ3n) is 2.07. The second-order valence-electron chi connectivity index (χ2n) is 4.89. The first kappa shape index (κ1) is 15.2. The molecule has 1 N–H and O–H groups in total. The molecule has 0 aromatic heterocycles. The average molecular weight is 282 g/mol. The molecule has 0 aliphatic carbocycles. The lowest BCUT2D eigenvalue weighted by Crippen LogP contribution is -2.27. The van der Waals surface area contributed by atoms with Gasteiger partial charge in [0.05, 0.1) is 5.69 Å². The van der Waals surface area contributed by atoms with Crippen LogP contribution in [-0.4, -0.2) is 17.5 Å². The molecule has 102 valence electrons. The number of hydrogen-bond acceptors (Lipinski definition) is 3. The molecule has 0 heterocycles. The molecule has 0 spiro atoms. The van der Waals surface area contributed by atoms with E-state index in [4.69, 9.17) is 16.3 Å². The summed E-state index contributed by atoms with van der Waals surface area (Å²) >= 11 is 5.85. The summed E-state index contributed by atoms with van der Waals surface area (Å²) in [5.41, 5.74) is -0.0115. The predicted molar refractivity (Wildman–Crippen MR) is 75.8 cm³/mol. The maximum atomic E-state index is 11.7. The molecule has 1 aromatic carbocycles. The van der Waals surface area contributed by atoms with Crippen molar-refractivity contribution in [2.75, 3.05) is 5.32 Å². The number of nitrogens with one attached hydrogen (secondary N) is 1. The second-order valence-corrected chi connectivity index (χ2v) is 5.32. The summed E-state index contributed by atoms with van der Waals surface area (Å²) in [6.07, 6.45) is 0.525. The Morgan fingerprint density at radius 1 is 1.37 bits per heavy atom. The number of carbonyl (C=O) groups is 2. The van der Waals surface area contributed by atoms with Crippen molar-refractivity contribution >= 4 is 29.2 Å². The topological polar surface area (TPSA) is 55.4 Å². The van der Waals surface area contributed by atoms with Gasteiger partial charge in [-0.2, -0.15) is 0 Å². The molecular weight excluding hydrogens is 266 g/mol. The van der Waals surface area contributed by atoms with Crippen LogP contribution < -0.4 is 5.32 Å². The fraction of sp³-hybridized carbons (Fsp3) is 0.286. The van der Waals surface area contributed by atoms with Crippen molar-refractivity contribution in [2.45, 2.75) is 26.4 Å². The van der Waals surface area contributed by atoms with Crippen LogP contribution in [0, 0.1) is 0 Å². The van der Waals surface area contributed by atoms with Gasteiger partial charge < -0.3 is 4.74 Å². The maximum absolute atomic E-state index is 11.7. The van der Waals surface area contributed by atoms with Crippen molar-refractivity contribution in [2.24, 2.45) is 0 Å². The number of benzene rings is 1. The highest BCUT2D eigenvalue weighted by Gasteiger charge is 2.18. The third kappa shape index (κ3) is 4.75. The maximum Gasteiger partial charge on any atom is 0.412 e. The Morgan fingerprint density at radius 3 is 2.53 bits per heavy atom. The number of ether oxygens (including phenoxy) is 1. The summed E-state index contributed by atoms with van der Waals surface area (Å²) in [7, 11) is 0. The van der Waals surface area contributed by atoms with E-state index in [1.807, 2.05) is 0 Å². The molecule has 5 heteroatoms. The molecule has 0 saturated carbocycles. The van der Waals surface area contributed by atoms with Crippen LogP contribution >= 0.6 is 11.6 Å². The molecule has 0 aliphatic heterocycles. The summed E-state index contributed by atoms with van der Waals surface area (Å²) in [6, 6.07) is 4.58. The molecule has 0 unspecified atom stereocenters. The number of hydrogen-bond donors (Lipinski definition) is 1. The van der Waals surface area contributed by atoms with Gasteiger partial charge in [-0.3, -0.25) is 10.1 Å². The highest BCUT2D eigenvalue weighted by molar-refractivity contribution is 6.31. The number of carbonyl (C=O) groups excluding carboxylic acids is 2. The van der Waals surface area contributed by atoms with Crippen LogP contribution in [0.1, 0.15) is 31.1 Å². The summed E-state index contributed by atoms with van der Waals surface area (Å²) in [4.78, 5) is 23.3. The minimum atomic E-state index is -0.645. The summed E-state index contributed by atoms with van der Waals surface area (Å²) in [5, 5.41) is 2.92. The lowest BCUT2D eigenvalue weighted by atomic mass is 10.1. The summed E-state index contributed by atoms with van der Waals surface area (Å²) in [6.45, 7) is 8.66. The minimum absolute atomic E-state index is 0.298. The highest BCUT2D eigenvalue weighted by atomic mass is 35.5. The van der Waals surface area contributed by atoms with E-state index in [9.17, 15) is 9.59 Å². The molecule has 1 rings (SSSR count). The second kappa shape index (κ2) is 5.89. The van der Waals surface area contributed by atoms with Crippen molar-refractivity contribution in [1.82, 2.24) is 0 Å². The van der Waals surface area contributed by atoms with E-state index in [0.717, 1.165) is 0 Å². The zero-order chi connectivity index (χ0) is 14.6. The smallest absolute Gasteiger partial charge is 0.412 e. The Bertz CT molecular complexity index is 518. The van der Waals surface area contributed by atoms with Crippen LogP contribution in [0.4, 0.5) is 10.5 Å². The van der Waals surface area contributed by atoms with Gasteiger partial charge in [0.1, 0.15) is 5.60 Å². The minimum Gasteiger partial charge on any atom is -0.444 e. The summed E-state index contributed by atoms with van der Waals surface area (Å²) < 4.78 is 5.12. The van der Waals surface area contributed by atoms with Gasteiger partial charge in [0.15, 0.2) is 5.78 Å². The normalized spacial score (nSPS) is 10.7. The average Bonchev–Trinajstić information content (AvgIpc) is 2.25. The zero-order valence-electron chi connectivity index (χ0n) is 11.1. The van der Waals surface area contributed by atoms with Crippen molar-refractivity contribution in [3.05, 3.63) is 41.4 Å². The zero-order valence-corrected chi connectivity index (χ0v) is 11.9. The molecule has 0 bridgehead atoms. The highest BCUT2D eigenvalue weighted by Crippen LogP contribution is 2.22. The van der Waals surface area contributed by atoms with E-state index in [1.165, 1.54) is 18.2 Å². The Hall–Kier alpha value is -1.81.